The average molecular weight is 334 g/mol. The fourth-order valence-corrected chi connectivity index (χ4v) is 3.32. The van der Waals surface area contributed by atoms with Crippen LogP contribution in [0, 0.1) is 13.8 Å². The topological polar surface area (TPSA) is 69.3 Å². The largest absolute Gasteiger partial charge is 0.329 e. The second kappa shape index (κ2) is 5.73. The van der Waals surface area contributed by atoms with Crippen molar-refractivity contribution in [3.63, 3.8) is 0 Å². The Bertz CT molecular complexity index is 1040. The molecule has 1 N–H and O–H groups in total. The number of pyridine rings is 2. The quantitative estimate of drug-likeness (QED) is 0.783. The molecule has 25 heavy (non-hydrogen) atoms. The number of carbonyl (C=O) groups is 1. The van der Waals surface area contributed by atoms with Crippen LogP contribution >= 0.6 is 0 Å². The summed E-state index contributed by atoms with van der Waals surface area (Å²) in [6, 6.07) is 9.10. The first kappa shape index (κ1) is 15.4. The fourth-order valence-electron chi connectivity index (χ4n) is 3.32. The van der Waals surface area contributed by atoms with Crippen LogP contribution in [0.4, 0.5) is 16.2 Å². The van der Waals surface area contributed by atoms with E-state index in [4.69, 9.17) is 0 Å². The van der Waals surface area contributed by atoms with E-state index in [0.29, 0.717) is 13.1 Å². The Kier molecular flexibility index (Phi) is 3.53. The number of aromatic nitrogens is 2. The molecule has 1 aromatic carbocycles. The maximum atomic E-state index is 12.9. The number of urea groups is 1. The van der Waals surface area contributed by atoms with Gasteiger partial charge in [0, 0.05) is 41.9 Å². The van der Waals surface area contributed by atoms with Crippen molar-refractivity contribution in [1.29, 1.82) is 0 Å². The zero-order chi connectivity index (χ0) is 17.6. The van der Waals surface area contributed by atoms with Crippen molar-refractivity contribution in [2.75, 3.05) is 22.9 Å². The molecule has 1 saturated heterocycles. The summed E-state index contributed by atoms with van der Waals surface area (Å²) in [5.74, 6) is 0. The lowest BCUT2D eigenvalue weighted by Crippen LogP contribution is -2.32. The molecule has 0 bridgehead atoms. The zero-order valence-corrected chi connectivity index (χ0v) is 14.1. The van der Waals surface area contributed by atoms with Crippen molar-refractivity contribution in [2.24, 2.45) is 0 Å². The summed E-state index contributed by atoms with van der Waals surface area (Å²) in [5, 5.41) is 0.945. The molecule has 1 aliphatic rings. The molecule has 6 nitrogen and oxygen atoms in total. The lowest BCUT2D eigenvalue weighted by Gasteiger charge is -2.20. The zero-order valence-electron chi connectivity index (χ0n) is 14.1. The van der Waals surface area contributed by atoms with Crippen LogP contribution in [-0.4, -0.2) is 29.1 Å². The number of hydrogen-bond acceptors (Lipinski definition) is 3. The molecule has 0 aliphatic carbocycles. The second-order valence-corrected chi connectivity index (χ2v) is 6.29. The fraction of sp³-hybridized carbons (Fsp3) is 0.211. The lowest BCUT2D eigenvalue weighted by atomic mass is 10.1. The number of nitrogens with one attached hydrogen (secondary N) is 1. The van der Waals surface area contributed by atoms with E-state index in [0.717, 1.165) is 33.4 Å². The number of anilines is 2. The Morgan fingerprint density at radius 2 is 1.80 bits per heavy atom. The molecule has 0 saturated carbocycles. The van der Waals surface area contributed by atoms with Gasteiger partial charge in [0.05, 0.1) is 11.9 Å². The van der Waals surface area contributed by atoms with Gasteiger partial charge in [-0.05, 0) is 49.2 Å². The van der Waals surface area contributed by atoms with Gasteiger partial charge in [-0.25, -0.2) is 4.79 Å². The number of aryl methyl sites for hydroxylation is 2. The first-order chi connectivity index (χ1) is 12.0. The average Bonchev–Trinajstić information content (AvgIpc) is 2.96. The van der Waals surface area contributed by atoms with Crippen LogP contribution in [0.2, 0.25) is 0 Å². The summed E-state index contributed by atoms with van der Waals surface area (Å²) in [6.45, 7) is 5.11. The van der Waals surface area contributed by atoms with E-state index < -0.39 is 0 Å². The molecular formula is C19H18N4O2. The van der Waals surface area contributed by atoms with Gasteiger partial charge >= 0.3 is 6.03 Å². The van der Waals surface area contributed by atoms with Crippen molar-refractivity contribution in [2.45, 2.75) is 13.8 Å². The van der Waals surface area contributed by atoms with Crippen LogP contribution < -0.4 is 15.4 Å². The highest BCUT2D eigenvalue weighted by Gasteiger charge is 2.31. The summed E-state index contributed by atoms with van der Waals surface area (Å²) < 4.78 is 0. The van der Waals surface area contributed by atoms with E-state index in [1.807, 2.05) is 38.1 Å². The third-order valence-electron chi connectivity index (χ3n) is 4.66. The Labute approximate surface area is 144 Å². The van der Waals surface area contributed by atoms with E-state index in [2.05, 4.69) is 9.97 Å². The molecular weight excluding hydrogens is 316 g/mol. The van der Waals surface area contributed by atoms with Crippen molar-refractivity contribution < 1.29 is 4.79 Å². The Balaban J connectivity index is 1.71. The molecule has 3 aromatic rings. The molecule has 4 rings (SSSR count). The third-order valence-corrected chi connectivity index (χ3v) is 4.66. The number of fused-ring (bicyclic) bond motifs is 1. The SMILES string of the molecule is Cc1ccncc1N1CCN(c2ccc3[nH]c(=O)cc(C)c3c2)C1=O. The van der Waals surface area contributed by atoms with Gasteiger partial charge in [0.25, 0.3) is 0 Å². The summed E-state index contributed by atoms with van der Waals surface area (Å²) >= 11 is 0. The van der Waals surface area contributed by atoms with Crippen LogP contribution in [-0.2, 0) is 0 Å². The van der Waals surface area contributed by atoms with Crippen molar-refractivity contribution in [1.82, 2.24) is 9.97 Å². The van der Waals surface area contributed by atoms with Gasteiger partial charge < -0.3 is 4.98 Å². The minimum Gasteiger partial charge on any atom is -0.322 e. The van der Waals surface area contributed by atoms with Gasteiger partial charge in [0.15, 0.2) is 0 Å². The van der Waals surface area contributed by atoms with Gasteiger partial charge in [-0.15, -0.1) is 0 Å². The van der Waals surface area contributed by atoms with Crippen molar-refractivity contribution in [3.8, 4) is 0 Å². The maximum Gasteiger partial charge on any atom is 0.329 e. The molecule has 2 aromatic heterocycles. The summed E-state index contributed by atoms with van der Waals surface area (Å²) in [7, 11) is 0. The molecule has 0 atom stereocenters. The Morgan fingerprint density at radius 1 is 1.00 bits per heavy atom. The molecule has 6 heteroatoms. The number of nitrogens with zero attached hydrogens (tertiary/aromatic N) is 3. The number of H-pyrrole nitrogens is 1. The lowest BCUT2D eigenvalue weighted by molar-refractivity contribution is 0.256. The second-order valence-electron chi connectivity index (χ2n) is 6.29. The van der Waals surface area contributed by atoms with E-state index in [-0.39, 0.29) is 11.6 Å². The van der Waals surface area contributed by atoms with Crippen LogP contribution in [0.5, 0.6) is 0 Å². The van der Waals surface area contributed by atoms with Crippen LogP contribution in [0.3, 0.4) is 0 Å². The van der Waals surface area contributed by atoms with Crippen molar-refractivity contribution >= 4 is 28.3 Å². The predicted octanol–water partition coefficient (Wildman–Crippen LogP) is 2.99. The van der Waals surface area contributed by atoms with Gasteiger partial charge in [0.1, 0.15) is 0 Å². The Hall–Kier alpha value is -3.15. The number of aromatic amines is 1. The summed E-state index contributed by atoms with van der Waals surface area (Å²) in [4.78, 5) is 35.0. The first-order valence-electron chi connectivity index (χ1n) is 8.18. The number of amides is 2. The van der Waals surface area contributed by atoms with Crippen LogP contribution in [0.1, 0.15) is 11.1 Å². The standard InChI is InChI=1S/C19H18N4O2/c1-12-5-6-20-11-17(12)23-8-7-22(19(23)25)14-3-4-16-15(10-14)13(2)9-18(24)21-16/h3-6,9-11H,7-8H2,1-2H3,(H,21,24). The molecule has 126 valence electrons. The number of rotatable bonds is 2. The highest BCUT2D eigenvalue weighted by molar-refractivity contribution is 6.07. The van der Waals surface area contributed by atoms with E-state index in [1.54, 1.807) is 28.3 Å². The van der Waals surface area contributed by atoms with E-state index in [1.165, 1.54) is 0 Å². The maximum absolute atomic E-state index is 12.9. The predicted molar refractivity (Wildman–Crippen MR) is 98.4 cm³/mol. The van der Waals surface area contributed by atoms with E-state index >= 15 is 0 Å². The van der Waals surface area contributed by atoms with Crippen LogP contribution in [0.15, 0.2) is 47.5 Å². The van der Waals surface area contributed by atoms with Gasteiger partial charge in [0.2, 0.25) is 5.56 Å². The minimum atomic E-state index is -0.117. The molecule has 0 unspecified atom stereocenters. The molecule has 2 amide bonds. The molecule has 3 heterocycles. The van der Waals surface area contributed by atoms with Gasteiger partial charge in [-0.3, -0.25) is 19.6 Å². The first-order valence-corrected chi connectivity index (χ1v) is 8.18. The van der Waals surface area contributed by atoms with Gasteiger partial charge in [-0.1, -0.05) is 0 Å². The number of carbonyl (C=O) groups excluding carboxylic acids is 1. The van der Waals surface area contributed by atoms with Gasteiger partial charge in [-0.2, -0.15) is 0 Å². The highest BCUT2D eigenvalue weighted by Crippen LogP contribution is 2.29. The molecule has 1 aliphatic heterocycles. The summed E-state index contributed by atoms with van der Waals surface area (Å²) in [6.07, 6.45) is 3.45. The smallest absolute Gasteiger partial charge is 0.322 e. The molecule has 0 spiro atoms. The normalized spacial score (nSPS) is 14.6. The third kappa shape index (κ3) is 2.55. The van der Waals surface area contributed by atoms with E-state index in [9.17, 15) is 9.59 Å². The summed E-state index contributed by atoms with van der Waals surface area (Å²) in [5.41, 5.74) is 4.26. The van der Waals surface area contributed by atoms with Crippen molar-refractivity contribution in [3.05, 3.63) is 64.2 Å². The monoisotopic (exact) mass is 334 g/mol. The molecule has 0 radical (unpaired) electrons. The number of benzene rings is 1. The van der Waals surface area contributed by atoms with Crippen LogP contribution in [0.25, 0.3) is 10.9 Å². The molecule has 1 fully saturated rings. The minimum absolute atomic E-state index is 0.0578. The highest BCUT2D eigenvalue weighted by atomic mass is 16.2. The Morgan fingerprint density at radius 3 is 2.60 bits per heavy atom. The number of hydrogen-bond donors (Lipinski definition) is 1.